The van der Waals surface area contributed by atoms with E-state index in [1.165, 1.54) is 5.56 Å². The van der Waals surface area contributed by atoms with Gasteiger partial charge in [-0.3, -0.25) is 0 Å². The summed E-state index contributed by atoms with van der Waals surface area (Å²) in [5.41, 5.74) is 10.2. The molecule has 4 aromatic carbocycles. The first kappa shape index (κ1) is 34.3. The molecule has 0 fully saturated rings. The molecule has 6 aromatic rings. The zero-order chi connectivity index (χ0) is 35.5. The molecule has 7 nitrogen and oxygen atoms in total. The van der Waals surface area contributed by atoms with Crippen LogP contribution in [0.3, 0.4) is 0 Å². The lowest BCUT2D eigenvalue weighted by Crippen LogP contribution is -2.26. The number of nitrogens with zero attached hydrogens (tertiary/aromatic N) is 6. The van der Waals surface area contributed by atoms with E-state index in [1.807, 2.05) is 48.5 Å². The first-order chi connectivity index (χ1) is 22.8. The number of hydrogen-bond acceptors (Lipinski definition) is 5. The predicted octanol–water partition coefficient (Wildman–Crippen LogP) is 10.2. The minimum atomic E-state index is -0.169. The quantitative estimate of drug-likeness (QED) is 0.176. The summed E-state index contributed by atoms with van der Waals surface area (Å²) < 4.78 is 0. The normalized spacial score (nSPS) is 13.1. The van der Waals surface area contributed by atoms with E-state index < -0.39 is 0 Å². The second kappa shape index (κ2) is 12.1. The van der Waals surface area contributed by atoms with Gasteiger partial charge in [-0.15, -0.1) is 25.2 Å². The number of aromatic nitrogens is 6. The van der Waals surface area contributed by atoms with Crippen LogP contribution in [-0.4, -0.2) is 35.1 Å². The van der Waals surface area contributed by atoms with Crippen LogP contribution in [0.1, 0.15) is 110 Å². The third kappa shape index (κ3) is 7.26. The molecule has 0 aliphatic carbocycles. The Hall–Kier alpha value is -4.52. The van der Waals surface area contributed by atoms with Crippen molar-refractivity contribution >= 4 is 22.1 Å². The van der Waals surface area contributed by atoms with Gasteiger partial charge in [-0.1, -0.05) is 106 Å². The molecule has 7 heteroatoms. The zero-order valence-electron chi connectivity index (χ0n) is 31.2. The second-order valence-electron chi connectivity index (χ2n) is 17.7. The van der Waals surface area contributed by atoms with Gasteiger partial charge in [-0.25, -0.2) is 0 Å². The van der Waals surface area contributed by atoms with Gasteiger partial charge in [0.2, 0.25) is 0 Å². The average Bonchev–Trinajstić information content (AvgIpc) is 3.61. The molecular weight excluding hydrogens is 605 g/mol. The highest BCUT2D eigenvalue weighted by Crippen LogP contribution is 2.42. The Morgan fingerprint density at radius 2 is 0.898 bits per heavy atom. The van der Waals surface area contributed by atoms with E-state index in [4.69, 9.17) is 20.4 Å². The summed E-state index contributed by atoms with van der Waals surface area (Å²) in [7, 11) is 0. The molecule has 0 saturated carbocycles. The fourth-order valence-electron chi connectivity index (χ4n) is 7.89. The molecule has 1 N–H and O–H groups in total. The molecule has 0 unspecified atom stereocenters. The third-order valence-corrected chi connectivity index (χ3v) is 9.55. The van der Waals surface area contributed by atoms with Gasteiger partial charge in [-0.2, -0.15) is 4.80 Å². The molecule has 2 aromatic heterocycles. The molecule has 0 bridgehead atoms. The molecule has 0 aliphatic rings. The molecule has 0 amide bonds. The largest absolute Gasteiger partial charge is 0.505 e. The Bertz CT molecular complexity index is 1930. The molecule has 0 radical (unpaired) electrons. The molecule has 0 spiro atoms. The van der Waals surface area contributed by atoms with E-state index in [0.717, 1.165) is 62.8 Å². The molecule has 49 heavy (non-hydrogen) atoms. The van der Waals surface area contributed by atoms with E-state index >= 15 is 0 Å². The Morgan fingerprint density at radius 3 is 1.31 bits per heavy atom. The Balaban J connectivity index is 1.55. The molecule has 2 heterocycles. The van der Waals surface area contributed by atoms with E-state index in [1.54, 1.807) is 9.59 Å². The average molecular weight is 657 g/mol. The van der Waals surface area contributed by atoms with Crippen molar-refractivity contribution in [3.8, 4) is 17.1 Å². The van der Waals surface area contributed by atoms with Gasteiger partial charge in [0, 0.05) is 12.0 Å². The Labute approximate surface area is 291 Å². The molecule has 0 saturated heterocycles. The van der Waals surface area contributed by atoms with E-state index in [9.17, 15) is 5.11 Å². The lowest BCUT2D eigenvalue weighted by molar-refractivity contribution is 0.283. The highest BCUT2D eigenvalue weighted by atomic mass is 16.3. The smallest absolute Gasteiger partial charge is 0.146 e. The third-order valence-electron chi connectivity index (χ3n) is 9.55. The van der Waals surface area contributed by atoms with Crippen LogP contribution in [0.5, 0.6) is 5.75 Å². The van der Waals surface area contributed by atoms with Crippen molar-refractivity contribution in [3.63, 3.8) is 0 Å². The summed E-state index contributed by atoms with van der Waals surface area (Å²) in [6.45, 7) is 25.1. The number of aromatic hydroxyl groups is 1. The number of rotatable bonds is 8. The van der Waals surface area contributed by atoms with E-state index in [2.05, 4.69) is 100 Å². The standard InChI is InChI=1S/C42H52N6O/c1-27-28(21-30(41(8,9)25-39(2,3)4)23-36(27)47-43-32-16-12-13-17-33(32)44-47)20-29-22-31(42(10,11)26-40(5,6)7)24-37(38(29)49)48-45-34-18-14-15-19-35(34)46-48/h12-19,21-24,49H,20,25-26H2,1-11H3. The summed E-state index contributed by atoms with van der Waals surface area (Å²) in [5.74, 6) is 0.193. The summed E-state index contributed by atoms with van der Waals surface area (Å²) in [6, 6.07) is 24.7. The SMILES string of the molecule is Cc1c(Cc2cc(C(C)(C)CC(C)(C)C)cc(-n3nc4ccccc4n3)c2O)cc(C(C)(C)CC(C)(C)C)cc1-n1nc2ccccc2n1. The highest BCUT2D eigenvalue weighted by molar-refractivity contribution is 5.74. The van der Waals surface area contributed by atoms with Gasteiger partial charge in [-0.05, 0) is 100 Å². The van der Waals surface area contributed by atoms with Crippen LogP contribution in [0.25, 0.3) is 33.4 Å². The first-order valence-electron chi connectivity index (χ1n) is 17.5. The van der Waals surface area contributed by atoms with Crippen LogP contribution >= 0.6 is 0 Å². The summed E-state index contributed by atoms with van der Waals surface area (Å²) in [5, 5.41) is 31.4. The predicted molar refractivity (Wildman–Crippen MR) is 201 cm³/mol. The monoisotopic (exact) mass is 656 g/mol. The lowest BCUT2D eigenvalue weighted by atomic mass is 9.71. The first-order valence-corrected chi connectivity index (χ1v) is 17.5. The van der Waals surface area contributed by atoms with Crippen molar-refractivity contribution in [1.29, 1.82) is 0 Å². The maximum atomic E-state index is 12.1. The second-order valence-corrected chi connectivity index (χ2v) is 17.7. The summed E-state index contributed by atoms with van der Waals surface area (Å²) >= 11 is 0. The number of phenolic OH excluding ortho intramolecular Hbond substituents is 1. The fraction of sp³-hybridized carbons (Fsp3) is 0.429. The molecule has 256 valence electrons. The minimum absolute atomic E-state index is 0.110. The van der Waals surface area contributed by atoms with Crippen LogP contribution in [0.2, 0.25) is 0 Å². The van der Waals surface area contributed by atoms with Crippen molar-refractivity contribution in [2.45, 2.75) is 106 Å². The summed E-state index contributed by atoms with van der Waals surface area (Å²) in [6.07, 6.45) is 2.50. The number of phenols is 1. The fourth-order valence-corrected chi connectivity index (χ4v) is 7.89. The van der Waals surface area contributed by atoms with Crippen molar-refractivity contribution < 1.29 is 5.11 Å². The van der Waals surface area contributed by atoms with Crippen molar-refractivity contribution in [2.75, 3.05) is 0 Å². The van der Waals surface area contributed by atoms with Crippen LogP contribution in [-0.2, 0) is 17.3 Å². The van der Waals surface area contributed by atoms with Gasteiger partial charge >= 0.3 is 0 Å². The minimum Gasteiger partial charge on any atom is -0.505 e. The number of benzene rings is 4. The number of hydrogen-bond donors (Lipinski definition) is 1. The van der Waals surface area contributed by atoms with Gasteiger partial charge in [0.25, 0.3) is 0 Å². The van der Waals surface area contributed by atoms with Crippen molar-refractivity contribution in [1.82, 2.24) is 30.0 Å². The van der Waals surface area contributed by atoms with Gasteiger partial charge in [0.05, 0.1) is 5.69 Å². The maximum Gasteiger partial charge on any atom is 0.146 e. The van der Waals surface area contributed by atoms with Gasteiger partial charge < -0.3 is 5.11 Å². The van der Waals surface area contributed by atoms with Crippen LogP contribution in [0.4, 0.5) is 0 Å². The molecule has 0 atom stereocenters. The van der Waals surface area contributed by atoms with Crippen LogP contribution in [0, 0.1) is 17.8 Å². The number of fused-ring (bicyclic) bond motifs is 2. The molecule has 0 aliphatic heterocycles. The highest BCUT2D eigenvalue weighted by Gasteiger charge is 2.31. The Morgan fingerprint density at radius 1 is 0.531 bits per heavy atom. The lowest BCUT2D eigenvalue weighted by Gasteiger charge is -2.34. The maximum absolute atomic E-state index is 12.1. The van der Waals surface area contributed by atoms with Gasteiger partial charge in [0.15, 0.2) is 0 Å². The van der Waals surface area contributed by atoms with E-state index in [-0.39, 0.29) is 27.4 Å². The van der Waals surface area contributed by atoms with Crippen LogP contribution in [0.15, 0.2) is 72.8 Å². The molecular formula is C42H52N6O. The van der Waals surface area contributed by atoms with Crippen molar-refractivity contribution in [3.05, 3.63) is 101 Å². The van der Waals surface area contributed by atoms with Crippen molar-refractivity contribution in [2.24, 2.45) is 10.8 Å². The summed E-state index contributed by atoms with van der Waals surface area (Å²) in [4.78, 5) is 3.38. The zero-order valence-corrected chi connectivity index (χ0v) is 31.2. The van der Waals surface area contributed by atoms with E-state index in [0.29, 0.717) is 12.1 Å². The molecule has 6 rings (SSSR count). The topological polar surface area (TPSA) is 81.6 Å². The van der Waals surface area contributed by atoms with Crippen LogP contribution < -0.4 is 0 Å². The van der Waals surface area contributed by atoms with Gasteiger partial charge in [0.1, 0.15) is 33.5 Å². The Kier molecular flexibility index (Phi) is 8.49.